The number of fused-ring (bicyclic) bond motifs is 1. The van der Waals surface area contributed by atoms with Crippen molar-refractivity contribution in [2.75, 3.05) is 5.32 Å². The van der Waals surface area contributed by atoms with Crippen LogP contribution in [0.1, 0.15) is 43.1 Å². The van der Waals surface area contributed by atoms with Crippen molar-refractivity contribution in [2.45, 2.75) is 45.7 Å². The molecule has 0 atom stereocenters. The van der Waals surface area contributed by atoms with E-state index in [0.29, 0.717) is 12.6 Å². The van der Waals surface area contributed by atoms with Crippen LogP contribution in [0.5, 0.6) is 0 Å². The van der Waals surface area contributed by atoms with Crippen LogP contribution in [0.3, 0.4) is 0 Å². The minimum Gasteiger partial charge on any atom is -0.364 e. The average molecular weight is 339 g/mol. The quantitative estimate of drug-likeness (QED) is 0.767. The average Bonchev–Trinajstić information content (AvgIpc) is 3.31. The smallest absolute Gasteiger partial charge is 0.152 e. The number of hydrogen-bond acceptors (Lipinski definition) is 3. The van der Waals surface area contributed by atoms with E-state index < -0.39 is 0 Å². The summed E-state index contributed by atoms with van der Waals surface area (Å²) in [5.74, 6) is 0.696. The van der Waals surface area contributed by atoms with Gasteiger partial charge in [-0.05, 0) is 57.4 Å². The summed E-state index contributed by atoms with van der Waals surface area (Å²) in [6, 6.07) is 6.86. The van der Waals surface area contributed by atoms with Crippen molar-refractivity contribution in [3.8, 4) is 5.69 Å². The second kappa shape index (κ2) is 6.35. The fourth-order valence-corrected chi connectivity index (χ4v) is 3.31. The van der Waals surface area contributed by atoms with Crippen molar-refractivity contribution in [2.24, 2.45) is 0 Å². The molecule has 4 rings (SSSR count). The highest BCUT2D eigenvalue weighted by atomic mass is 19.1. The van der Waals surface area contributed by atoms with Gasteiger partial charge in [-0.2, -0.15) is 5.10 Å². The van der Waals surface area contributed by atoms with E-state index in [-0.39, 0.29) is 5.82 Å². The summed E-state index contributed by atoms with van der Waals surface area (Å²) in [5.41, 5.74) is 4.55. The van der Waals surface area contributed by atoms with Gasteiger partial charge in [0.05, 0.1) is 11.9 Å². The topological polar surface area (TPSA) is 47.7 Å². The molecule has 0 unspecified atom stereocenters. The Hall–Kier alpha value is -2.63. The monoisotopic (exact) mass is 339 g/mol. The number of nitrogens with zero attached hydrogens (tertiary/aromatic N) is 4. The molecule has 0 amide bonds. The van der Waals surface area contributed by atoms with E-state index in [1.807, 2.05) is 15.6 Å². The lowest BCUT2D eigenvalue weighted by Gasteiger charge is -2.06. The zero-order valence-electron chi connectivity index (χ0n) is 14.5. The minimum absolute atomic E-state index is 0.229. The van der Waals surface area contributed by atoms with E-state index in [9.17, 15) is 4.39 Å². The number of rotatable bonds is 5. The predicted octanol–water partition coefficient (Wildman–Crippen LogP) is 3.89. The van der Waals surface area contributed by atoms with Gasteiger partial charge in [-0.25, -0.2) is 9.07 Å². The van der Waals surface area contributed by atoms with Gasteiger partial charge >= 0.3 is 0 Å². The Morgan fingerprint density at radius 3 is 2.72 bits per heavy atom. The number of benzene rings is 1. The third-order valence-electron chi connectivity index (χ3n) is 4.65. The van der Waals surface area contributed by atoms with Crippen LogP contribution in [0.4, 0.5) is 10.2 Å². The maximum Gasteiger partial charge on any atom is 0.152 e. The molecule has 2 aromatic heterocycles. The molecular weight excluding hydrogens is 317 g/mol. The molecular formula is C19H22FN5. The zero-order valence-corrected chi connectivity index (χ0v) is 14.5. The Balaban J connectivity index is 1.58. The Kier molecular flexibility index (Phi) is 4.03. The summed E-state index contributed by atoms with van der Waals surface area (Å²) in [6.07, 6.45) is 7.13. The van der Waals surface area contributed by atoms with E-state index in [0.717, 1.165) is 36.3 Å². The van der Waals surface area contributed by atoms with Crippen LogP contribution < -0.4 is 5.32 Å². The molecule has 0 fully saturated rings. The first-order chi connectivity index (χ1) is 12.1. The van der Waals surface area contributed by atoms with E-state index in [4.69, 9.17) is 5.10 Å². The summed E-state index contributed by atoms with van der Waals surface area (Å²) in [7, 11) is 0. The Morgan fingerprint density at radius 1 is 1.20 bits per heavy atom. The maximum atomic E-state index is 13.2. The standard InChI is InChI=1S/C19H22FN5/c1-13(2)24-12-14(11-22-24)10-21-19-17-4-3-5-18(17)25(23-19)16-8-6-15(20)7-9-16/h6-9,11-13H,3-5,10H2,1-2H3,(H,21,23). The number of anilines is 1. The SMILES string of the molecule is CC(C)n1cc(CNc2nn(-c3ccc(F)cc3)c3c2CCC3)cn1. The predicted molar refractivity (Wildman–Crippen MR) is 95.5 cm³/mol. The molecule has 1 aliphatic carbocycles. The van der Waals surface area contributed by atoms with Crippen LogP contribution in [0.2, 0.25) is 0 Å². The van der Waals surface area contributed by atoms with Gasteiger partial charge in [0.2, 0.25) is 0 Å². The molecule has 1 aromatic carbocycles. The van der Waals surface area contributed by atoms with Gasteiger partial charge in [0, 0.05) is 35.6 Å². The van der Waals surface area contributed by atoms with Crippen LogP contribution in [0.25, 0.3) is 5.69 Å². The van der Waals surface area contributed by atoms with E-state index in [2.05, 4.69) is 30.5 Å². The summed E-state index contributed by atoms with van der Waals surface area (Å²) >= 11 is 0. The molecule has 0 aliphatic heterocycles. The molecule has 1 N–H and O–H groups in total. The van der Waals surface area contributed by atoms with Crippen LogP contribution in [0, 0.1) is 5.82 Å². The van der Waals surface area contributed by atoms with Crippen molar-refractivity contribution in [3.63, 3.8) is 0 Å². The molecule has 0 saturated heterocycles. The molecule has 1 aliphatic rings. The van der Waals surface area contributed by atoms with Crippen LogP contribution in [0.15, 0.2) is 36.7 Å². The van der Waals surface area contributed by atoms with Gasteiger partial charge < -0.3 is 5.32 Å². The fraction of sp³-hybridized carbons (Fsp3) is 0.368. The Morgan fingerprint density at radius 2 is 2.00 bits per heavy atom. The molecule has 3 aromatic rings. The number of aromatic nitrogens is 4. The summed E-state index contributed by atoms with van der Waals surface area (Å²) < 4.78 is 17.1. The first-order valence-corrected chi connectivity index (χ1v) is 8.75. The van der Waals surface area contributed by atoms with Gasteiger partial charge in [-0.15, -0.1) is 5.10 Å². The highest BCUT2D eigenvalue weighted by molar-refractivity contribution is 5.52. The van der Waals surface area contributed by atoms with Crippen LogP contribution >= 0.6 is 0 Å². The lowest BCUT2D eigenvalue weighted by Crippen LogP contribution is -2.04. The molecule has 0 spiro atoms. The third kappa shape index (κ3) is 3.04. The summed E-state index contributed by atoms with van der Waals surface area (Å²) in [6.45, 7) is 4.92. The lowest BCUT2D eigenvalue weighted by molar-refractivity contribution is 0.532. The maximum absolute atomic E-state index is 13.2. The van der Waals surface area contributed by atoms with Gasteiger partial charge in [0.1, 0.15) is 5.82 Å². The van der Waals surface area contributed by atoms with Crippen molar-refractivity contribution in [3.05, 3.63) is 59.3 Å². The van der Waals surface area contributed by atoms with Gasteiger partial charge in [0.15, 0.2) is 5.82 Å². The summed E-state index contributed by atoms with van der Waals surface area (Å²) in [5, 5.41) is 12.6. The molecule has 0 radical (unpaired) electrons. The normalized spacial score (nSPS) is 13.4. The molecule has 2 heterocycles. The highest BCUT2D eigenvalue weighted by Gasteiger charge is 2.23. The fourth-order valence-electron chi connectivity index (χ4n) is 3.31. The van der Waals surface area contributed by atoms with Crippen molar-refractivity contribution in [1.82, 2.24) is 19.6 Å². The second-order valence-electron chi connectivity index (χ2n) is 6.79. The number of halogens is 1. The molecule has 0 saturated carbocycles. The first kappa shape index (κ1) is 15.9. The minimum atomic E-state index is -0.229. The molecule has 130 valence electrons. The van der Waals surface area contributed by atoms with Gasteiger partial charge in [-0.1, -0.05) is 0 Å². The third-order valence-corrected chi connectivity index (χ3v) is 4.65. The molecule has 5 nitrogen and oxygen atoms in total. The second-order valence-corrected chi connectivity index (χ2v) is 6.79. The molecule has 6 heteroatoms. The number of nitrogens with one attached hydrogen (secondary N) is 1. The first-order valence-electron chi connectivity index (χ1n) is 8.75. The molecule has 25 heavy (non-hydrogen) atoms. The lowest BCUT2D eigenvalue weighted by atomic mass is 10.2. The van der Waals surface area contributed by atoms with Crippen LogP contribution in [-0.4, -0.2) is 19.6 Å². The highest BCUT2D eigenvalue weighted by Crippen LogP contribution is 2.31. The summed E-state index contributed by atoms with van der Waals surface area (Å²) in [4.78, 5) is 0. The molecule has 0 bridgehead atoms. The van der Waals surface area contributed by atoms with Crippen LogP contribution in [-0.2, 0) is 19.4 Å². The Labute approximate surface area is 146 Å². The van der Waals surface area contributed by atoms with Crippen molar-refractivity contribution >= 4 is 5.82 Å². The van der Waals surface area contributed by atoms with Crippen molar-refractivity contribution in [1.29, 1.82) is 0 Å². The van der Waals surface area contributed by atoms with Gasteiger partial charge in [0.25, 0.3) is 0 Å². The van der Waals surface area contributed by atoms with E-state index >= 15 is 0 Å². The van der Waals surface area contributed by atoms with Crippen molar-refractivity contribution < 1.29 is 4.39 Å². The zero-order chi connectivity index (χ0) is 17.4. The van der Waals surface area contributed by atoms with E-state index in [1.165, 1.54) is 23.4 Å². The van der Waals surface area contributed by atoms with E-state index in [1.54, 1.807) is 12.1 Å². The Bertz CT molecular complexity index is 876. The van der Waals surface area contributed by atoms with Gasteiger partial charge in [-0.3, -0.25) is 4.68 Å². The largest absolute Gasteiger partial charge is 0.364 e. The number of hydrogen-bond donors (Lipinski definition) is 1.